The molecule has 0 spiro atoms. The Bertz CT molecular complexity index is 5150. The molecular weight excluding hydrogens is 1520 g/mol. The second kappa shape index (κ2) is 32.8. The van der Waals surface area contributed by atoms with Crippen molar-refractivity contribution in [1.29, 1.82) is 15.8 Å². The minimum atomic E-state index is -0.621. The maximum atomic E-state index is 15.3. The van der Waals surface area contributed by atoms with Crippen molar-refractivity contribution >= 4 is 46.4 Å². The number of nitrogens with zero attached hydrogens (tertiary/aromatic N) is 3. The maximum Gasteiger partial charge on any atom is 0.494 e. The lowest BCUT2D eigenvalue weighted by molar-refractivity contribution is -0.142. The van der Waals surface area contributed by atoms with Crippen LogP contribution < -0.4 is 48.1 Å². The number of phenols is 1. The van der Waals surface area contributed by atoms with Crippen molar-refractivity contribution in [2.45, 2.75) is 133 Å². The molecule has 26 heteroatoms. The van der Waals surface area contributed by atoms with Crippen LogP contribution in [0.15, 0.2) is 150 Å². The normalized spacial score (nSPS) is 18.9. The molecule has 9 aromatic rings. The first kappa shape index (κ1) is 77.8. The minimum absolute atomic E-state index is 0.0355. The minimum Gasteiger partial charge on any atom is -0.508 e. The standard InChI is InChI=1S/C33H33BFNO7.C27H21BrFNO5.C27H22FNO6/c1-32(2)33(3,4)43-34(42-32)21-7-6-19(17-36)28(15-21)41-26-13-11-25(35)31-24(26)10-12-27(31)40-22-8-9-23-20(14-30(37)38-5)18-39-29(23)16-22;1-32-26(31)10-16-14-33-25-12-18(4-5-19(16)25)34-23-8-6-20-22(9-7-21(29)27(20)23)35-24-11-17(28)3-2-15(24)13-30;1-32-26(31)10-16-14-33-25-12-18(4-5-19(16)25)34-23-8-6-20-22(9-7-21(28)27(20)23)35-24-11-17(30)3-2-15(24)13-29/h6-9,11,13,15-16,20,27H,10,12,14,18H2,1-5H3;2-5,7,9,11-12,16,23H,6,8,10,14H2,1H3;2-5,7,9,11-12,16,23,30H,6,8,10,14H2,1H3/t20-,27-;2*16-,23-/m111/s1. The fraction of sp³-hybridized carbons (Fsp3) is 0.310. The molecular formula is C87H76BBrF3N3O18. The number of phenolic OH excluding ortho intramolecular Hbond substituents is 1. The number of carbonyl (C=O) groups is 3. The lowest BCUT2D eigenvalue weighted by atomic mass is 9.78. The Morgan fingerprint density at radius 1 is 0.460 bits per heavy atom. The molecule has 4 aliphatic heterocycles. The molecule has 1 saturated heterocycles. The zero-order valence-electron chi connectivity index (χ0n) is 62.6. The molecule has 16 rings (SSSR count). The zero-order valence-corrected chi connectivity index (χ0v) is 64.2. The molecule has 0 amide bonds. The van der Waals surface area contributed by atoms with Crippen molar-refractivity contribution < 1.29 is 98.8 Å². The van der Waals surface area contributed by atoms with Crippen LogP contribution in [0.2, 0.25) is 0 Å². The number of carbonyl (C=O) groups excluding carboxylic acids is 3. The predicted octanol–water partition coefficient (Wildman–Crippen LogP) is 17.6. The van der Waals surface area contributed by atoms with E-state index in [1.54, 1.807) is 72.8 Å². The van der Waals surface area contributed by atoms with E-state index in [4.69, 9.17) is 66.2 Å². The Labute approximate surface area is 658 Å². The molecule has 6 atom stereocenters. The number of aromatic hydroxyl groups is 1. The van der Waals surface area contributed by atoms with Gasteiger partial charge >= 0.3 is 25.0 Å². The Morgan fingerprint density at radius 2 is 0.805 bits per heavy atom. The van der Waals surface area contributed by atoms with Gasteiger partial charge in [0, 0.05) is 96.6 Å². The third kappa shape index (κ3) is 16.4. The summed E-state index contributed by atoms with van der Waals surface area (Å²) in [4.78, 5) is 35.0. The van der Waals surface area contributed by atoms with Crippen LogP contribution in [0.25, 0.3) is 0 Å². The molecule has 1 N–H and O–H groups in total. The molecule has 9 aromatic carbocycles. The fourth-order valence-corrected chi connectivity index (χ4v) is 15.3. The number of ether oxygens (including phenoxy) is 12. The van der Waals surface area contributed by atoms with Crippen LogP contribution >= 0.6 is 15.9 Å². The molecule has 0 saturated carbocycles. The second-order valence-corrected chi connectivity index (χ2v) is 29.9. The second-order valence-electron chi connectivity index (χ2n) is 29.0. The van der Waals surface area contributed by atoms with Gasteiger partial charge in [-0.2, -0.15) is 15.8 Å². The van der Waals surface area contributed by atoms with E-state index in [1.165, 1.54) is 63.8 Å². The van der Waals surface area contributed by atoms with E-state index in [1.807, 2.05) is 64.1 Å². The summed E-state index contributed by atoms with van der Waals surface area (Å²) < 4.78 is 127. The van der Waals surface area contributed by atoms with Crippen LogP contribution in [0.4, 0.5) is 13.2 Å². The summed E-state index contributed by atoms with van der Waals surface area (Å²) >= 11 is 3.40. The van der Waals surface area contributed by atoms with Crippen molar-refractivity contribution in [3.63, 3.8) is 0 Å². The average molecular weight is 1600 g/mol. The summed E-state index contributed by atoms with van der Waals surface area (Å²) in [7, 11) is 3.47. The van der Waals surface area contributed by atoms with E-state index >= 15 is 4.39 Å². The molecule has 4 heterocycles. The van der Waals surface area contributed by atoms with Gasteiger partial charge in [-0.1, -0.05) is 40.2 Å². The third-order valence-electron chi connectivity index (χ3n) is 21.5. The Morgan fingerprint density at radius 3 is 1.17 bits per heavy atom. The van der Waals surface area contributed by atoms with E-state index in [9.17, 15) is 44.1 Å². The number of nitriles is 3. The monoisotopic (exact) mass is 1600 g/mol. The molecule has 0 bridgehead atoms. The highest BCUT2D eigenvalue weighted by molar-refractivity contribution is 9.10. The van der Waals surface area contributed by atoms with E-state index in [-0.39, 0.29) is 83.6 Å². The van der Waals surface area contributed by atoms with Gasteiger partial charge < -0.3 is 71.3 Å². The topological polar surface area (TPSA) is 272 Å². The van der Waals surface area contributed by atoms with Crippen molar-refractivity contribution in [3.05, 3.63) is 234 Å². The highest BCUT2D eigenvalue weighted by Crippen LogP contribution is 2.50. The number of hydrogen-bond acceptors (Lipinski definition) is 21. The van der Waals surface area contributed by atoms with E-state index in [0.717, 1.165) is 32.2 Å². The molecule has 113 heavy (non-hydrogen) atoms. The SMILES string of the molecule is COC(=O)C[C@@H]1COc2cc(O[C@@H]3CCc4c(Oc5cc(B6OC(C)(C)C(C)(C)O6)ccc5C#N)ccc(F)c43)ccc21.COC(=O)C[C@@H]1COc2cc(O[C@@H]3CCc4c(Oc5cc(Br)ccc5C#N)ccc(F)c43)ccc21.COC(=O)C[C@@H]1COc2cc(O[C@@H]3CCc4c(Oc5cc(O)ccc5C#N)ccc(F)c43)ccc21. The number of benzene rings is 9. The Hall–Kier alpha value is -11.9. The molecule has 0 radical (unpaired) electrons. The zero-order chi connectivity index (χ0) is 79.6. The summed E-state index contributed by atoms with van der Waals surface area (Å²) in [5, 5.41) is 38.3. The van der Waals surface area contributed by atoms with E-state index in [0.29, 0.717) is 161 Å². The number of esters is 3. The van der Waals surface area contributed by atoms with Gasteiger partial charge in [0.1, 0.15) is 129 Å². The lowest BCUT2D eigenvalue weighted by Crippen LogP contribution is -2.41. The van der Waals surface area contributed by atoms with Crippen LogP contribution in [-0.2, 0) is 57.2 Å². The summed E-state index contributed by atoms with van der Waals surface area (Å²) in [5.74, 6) is 3.63. The van der Waals surface area contributed by atoms with Crippen LogP contribution in [0.1, 0.15) is 169 Å². The van der Waals surface area contributed by atoms with E-state index < -0.39 is 42.4 Å². The average Bonchev–Trinajstić information content (AvgIpc) is 1.65. The highest BCUT2D eigenvalue weighted by atomic mass is 79.9. The van der Waals surface area contributed by atoms with Crippen molar-refractivity contribution in [2.75, 3.05) is 41.2 Å². The van der Waals surface area contributed by atoms with Crippen LogP contribution in [0.3, 0.4) is 0 Å². The number of hydrogen-bond donors (Lipinski definition) is 1. The Kier molecular flexibility index (Phi) is 22.6. The highest BCUT2D eigenvalue weighted by Gasteiger charge is 2.52. The van der Waals surface area contributed by atoms with Crippen LogP contribution in [-0.4, -0.2) is 82.5 Å². The lowest BCUT2D eigenvalue weighted by Gasteiger charge is -2.32. The van der Waals surface area contributed by atoms with Gasteiger partial charge in [-0.25, -0.2) is 13.2 Å². The maximum absolute atomic E-state index is 15.3. The molecule has 578 valence electrons. The first-order chi connectivity index (χ1) is 54.4. The molecule has 0 aromatic heterocycles. The van der Waals surface area contributed by atoms with Gasteiger partial charge in [0.25, 0.3) is 0 Å². The van der Waals surface area contributed by atoms with Crippen molar-refractivity contribution in [2.24, 2.45) is 0 Å². The first-order valence-electron chi connectivity index (χ1n) is 36.7. The number of rotatable bonds is 19. The largest absolute Gasteiger partial charge is 0.508 e. The summed E-state index contributed by atoms with van der Waals surface area (Å²) in [6.07, 6.45) is 2.48. The fourth-order valence-electron chi connectivity index (χ4n) is 15.0. The van der Waals surface area contributed by atoms with Crippen LogP contribution in [0, 0.1) is 51.4 Å². The van der Waals surface area contributed by atoms with E-state index in [2.05, 4.69) is 28.1 Å². The van der Waals surface area contributed by atoms with Gasteiger partial charge in [0.15, 0.2) is 0 Å². The number of halogens is 4. The quantitative estimate of drug-likeness (QED) is 0.0447. The van der Waals surface area contributed by atoms with Crippen molar-refractivity contribution in [1.82, 2.24) is 0 Å². The third-order valence-corrected chi connectivity index (χ3v) is 22.0. The van der Waals surface area contributed by atoms with Gasteiger partial charge in [-0.05, 0) is 169 Å². The summed E-state index contributed by atoms with van der Waals surface area (Å²) in [5.41, 5.74) is 6.83. The Balaban J connectivity index is 0.000000142. The first-order valence-corrected chi connectivity index (χ1v) is 37.5. The summed E-state index contributed by atoms with van der Waals surface area (Å²) in [6.45, 7) is 9.08. The smallest absolute Gasteiger partial charge is 0.494 e. The van der Waals surface area contributed by atoms with Gasteiger partial charge in [-0.15, -0.1) is 0 Å². The predicted molar refractivity (Wildman–Crippen MR) is 407 cm³/mol. The van der Waals surface area contributed by atoms with Gasteiger partial charge in [0.05, 0.1) is 88.3 Å². The molecule has 0 unspecified atom stereocenters. The summed E-state index contributed by atoms with van der Waals surface area (Å²) in [6, 6.07) is 46.0. The van der Waals surface area contributed by atoms with Gasteiger partial charge in [-0.3, -0.25) is 14.4 Å². The van der Waals surface area contributed by atoms with Crippen molar-refractivity contribution in [3.8, 4) is 93.0 Å². The molecule has 7 aliphatic rings. The molecule has 1 fully saturated rings. The van der Waals surface area contributed by atoms with Crippen LogP contribution in [0.5, 0.6) is 74.7 Å². The van der Waals surface area contributed by atoms with Gasteiger partial charge in [0.2, 0.25) is 0 Å². The number of fused-ring (bicyclic) bond motifs is 6. The molecule has 21 nitrogen and oxygen atoms in total. The number of methoxy groups -OCH3 is 3. The molecule has 3 aliphatic carbocycles.